The van der Waals surface area contributed by atoms with Gasteiger partial charge in [-0.1, -0.05) is 6.92 Å². The van der Waals surface area contributed by atoms with Gasteiger partial charge in [0.15, 0.2) is 0 Å². The number of amides is 1. The summed E-state index contributed by atoms with van der Waals surface area (Å²) in [6.45, 7) is 5.54. The first-order valence-electron chi connectivity index (χ1n) is 7.52. The van der Waals surface area contributed by atoms with E-state index in [4.69, 9.17) is 0 Å². The molecule has 2 aliphatic heterocycles. The number of hydrogen-bond donors (Lipinski definition) is 1. The van der Waals surface area contributed by atoms with E-state index in [1.54, 1.807) is 0 Å². The van der Waals surface area contributed by atoms with E-state index in [-0.39, 0.29) is 17.7 Å². The summed E-state index contributed by atoms with van der Waals surface area (Å²) in [5, 5.41) is 3.28. The topological polar surface area (TPSA) is 69.7 Å². The lowest BCUT2D eigenvalue weighted by atomic mass is 10.2. The quantitative estimate of drug-likeness (QED) is 0.750. The molecule has 0 aliphatic carbocycles. The van der Waals surface area contributed by atoms with Crippen LogP contribution in [0.4, 0.5) is 0 Å². The van der Waals surface area contributed by atoms with Crippen molar-refractivity contribution in [3.63, 3.8) is 0 Å². The molecule has 0 saturated carbocycles. The monoisotopic (exact) mass is 303 g/mol. The molecule has 2 aliphatic rings. The van der Waals surface area contributed by atoms with Crippen LogP contribution in [0.15, 0.2) is 0 Å². The summed E-state index contributed by atoms with van der Waals surface area (Å²) in [4.78, 5) is 14.3. The van der Waals surface area contributed by atoms with Gasteiger partial charge in [0.25, 0.3) is 0 Å². The zero-order valence-electron chi connectivity index (χ0n) is 12.2. The molecule has 7 heteroatoms. The first kappa shape index (κ1) is 15.7. The van der Waals surface area contributed by atoms with Crippen LogP contribution in [0.5, 0.6) is 0 Å². The summed E-state index contributed by atoms with van der Waals surface area (Å²) >= 11 is 0. The van der Waals surface area contributed by atoms with Crippen LogP contribution in [0.1, 0.15) is 32.6 Å². The predicted molar refractivity (Wildman–Crippen MR) is 77.9 cm³/mol. The highest BCUT2D eigenvalue weighted by molar-refractivity contribution is 7.89. The molecule has 2 fully saturated rings. The molecule has 0 radical (unpaired) electrons. The molecule has 1 unspecified atom stereocenters. The second-order valence-electron chi connectivity index (χ2n) is 5.55. The van der Waals surface area contributed by atoms with E-state index in [2.05, 4.69) is 12.2 Å². The minimum Gasteiger partial charge on any atom is -0.338 e. The Morgan fingerprint density at radius 2 is 2.25 bits per heavy atom. The number of sulfonamides is 1. The van der Waals surface area contributed by atoms with Gasteiger partial charge in [-0.05, 0) is 25.8 Å². The maximum atomic E-state index is 12.4. The number of nitrogens with zero attached hydrogens (tertiary/aromatic N) is 2. The fourth-order valence-electron chi connectivity index (χ4n) is 2.96. The average molecular weight is 303 g/mol. The Morgan fingerprint density at radius 3 is 2.80 bits per heavy atom. The molecule has 0 spiro atoms. The van der Waals surface area contributed by atoms with Crippen molar-refractivity contribution < 1.29 is 13.2 Å². The van der Waals surface area contributed by atoms with E-state index in [0.29, 0.717) is 25.9 Å². The maximum absolute atomic E-state index is 12.4. The molecule has 20 heavy (non-hydrogen) atoms. The van der Waals surface area contributed by atoms with Crippen molar-refractivity contribution in [2.24, 2.45) is 0 Å². The molecular formula is C13H25N3O3S. The highest BCUT2D eigenvalue weighted by Gasteiger charge is 2.30. The molecule has 1 atom stereocenters. The van der Waals surface area contributed by atoms with E-state index < -0.39 is 10.0 Å². The van der Waals surface area contributed by atoms with E-state index in [1.165, 1.54) is 4.31 Å². The zero-order valence-corrected chi connectivity index (χ0v) is 13.0. The number of nitrogens with one attached hydrogen (secondary N) is 1. The third-order valence-electron chi connectivity index (χ3n) is 4.04. The van der Waals surface area contributed by atoms with Gasteiger partial charge >= 0.3 is 0 Å². The number of carbonyl (C=O) groups excluding carboxylic acids is 1. The summed E-state index contributed by atoms with van der Waals surface area (Å²) in [5.41, 5.74) is 0. The molecule has 1 amide bonds. The van der Waals surface area contributed by atoms with Gasteiger partial charge in [0.1, 0.15) is 0 Å². The highest BCUT2D eigenvalue weighted by Crippen LogP contribution is 2.15. The third-order valence-corrected chi connectivity index (χ3v) is 5.99. The van der Waals surface area contributed by atoms with Crippen molar-refractivity contribution in [1.29, 1.82) is 0 Å². The number of carbonyl (C=O) groups is 1. The van der Waals surface area contributed by atoms with Crippen molar-refractivity contribution in [3.05, 3.63) is 0 Å². The standard InChI is InChI=1S/C13H25N3O3S/c1-2-7-16(12-4-6-14-11-12)13(17)5-9-15-8-3-10-20(15,18)19/h12,14H,2-11H2,1H3. The minimum atomic E-state index is -3.09. The Morgan fingerprint density at radius 1 is 1.45 bits per heavy atom. The van der Waals surface area contributed by atoms with Crippen molar-refractivity contribution in [3.8, 4) is 0 Å². The van der Waals surface area contributed by atoms with Crippen molar-refractivity contribution in [2.75, 3.05) is 38.5 Å². The number of hydrogen-bond acceptors (Lipinski definition) is 4. The summed E-state index contributed by atoms with van der Waals surface area (Å²) in [6, 6.07) is 0.276. The summed E-state index contributed by atoms with van der Waals surface area (Å²) in [6.07, 6.45) is 2.91. The van der Waals surface area contributed by atoms with Gasteiger partial charge in [0.2, 0.25) is 15.9 Å². The zero-order chi connectivity index (χ0) is 14.6. The predicted octanol–water partition coefficient (Wildman–Crippen LogP) is 0.0125. The normalized spacial score (nSPS) is 25.9. The van der Waals surface area contributed by atoms with Crippen LogP contribution < -0.4 is 5.32 Å². The van der Waals surface area contributed by atoms with Gasteiger partial charge < -0.3 is 10.2 Å². The van der Waals surface area contributed by atoms with Gasteiger partial charge in [-0.3, -0.25) is 4.79 Å². The molecule has 0 aromatic rings. The Balaban J connectivity index is 1.88. The van der Waals surface area contributed by atoms with Crippen LogP contribution >= 0.6 is 0 Å². The lowest BCUT2D eigenvalue weighted by Crippen LogP contribution is -2.43. The lowest BCUT2D eigenvalue weighted by Gasteiger charge is -2.29. The summed E-state index contributed by atoms with van der Waals surface area (Å²) in [7, 11) is -3.09. The van der Waals surface area contributed by atoms with Crippen molar-refractivity contribution in [2.45, 2.75) is 38.6 Å². The van der Waals surface area contributed by atoms with Gasteiger partial charge in [-0.2, -0.15) is 0 Å². The molecule has 0 aromatic carbocycles. The van der Waals surface area contributed by atoms with Crippen molar-refractivity contribution in [1.82, 2.24) is 14.5 Å². The average Bonchev–Trinajstić information content (AvgIpc) is 3.02. The van der Waals surface area contributed by atoms with E-state index in [9.17, 15) is 13.2 Å². The van der Waals surface area contributed by atoms with Gasteiger partial charge in [-0.25, -0.2) is 12.7 Å². The first-order chi connectivity index (χ1) is 9.54. The Labute approximate surface area is 121 Å². The summed E-state index contributed by atoms with van der Waals surface area (Å²) in [5.74, 6) is 0.314. The van der Waals surface area contributed by atoms with Crippen LogP contribution in [0.2, 0.25) is 0 Å². The molecular weight excluding hydrogens is 278 g/mol. The molecule has 2 saturated heterocycles. The minimum absolute atomic E-state index is 0.0858. The smallest absolute Gasteiger partial charge is 0.224 e. The van der Waals surface area contributed by atoms with E-state index in [0.717, 1.165) is 32.5 Å². The molecule has 6 nitrogen and oxygen atoms in total. The maximum Gasteiger partial charge on any atom is 0.224 e. The molecule has 0 bridgehead atoms. The largest absolute Gasteiger partial charge is 0.338 e. The van der Waals surface area contributed by atoms with E-state index in [1.807, 2.05) is 4.90 Å². The molecule has 2 heterocycles. The van der Waals surface area contributed by atoms with Crippen LogP contribution in [0.25, 0.3) is 0 Å². The fraction of sp³-hybridized carbons (Fsp3) is 0.923. The Kier molecular flexibility index (Phi) is 5.40. The molecule has 1 N–H and O–H groups in total. The van der Waals surface area contributed by atoms with E-state index >= 15 is 0 Å². The van der Waals surface area contributed by atoms with Crippen molar-refractivity contribution >= 4 is 15.9 Å². The van der Waals surface area contributed by atoms with Gasteiger partial charge in [-0.15, -0.1) is 0 Å². The Bertz CT molecular complexity index is 432. The third kappa shape index (κ3) is 3.71. The molecule has 116 valence electrons. The van der Waals surface area contributed by atoms with Crippen LogP contribution in [-0.2, 0) is 14.8 Å². The second-order valence-corrected chi connectivity index (χ2v) is 7.64. The van der Waals surface area contributed by atoms with Gasteiger partial charge in [0.05, 0.1) is 5.75 Å². The highest BCUT2D eigenvalue weighted by atomic mass is 32.2. The first-order valence-corrected chi connectivity index (χ1v) is 9.13. The van der Waals surface area contributed by atoms with Crippen LogP contribution in [0.3, 0.4) is 0 Å². The lowest BCUT2D eigenvalue weighted by molar-refractivity contribution is -0.133. The SMILES string of the molecule is CCCN(C(=O)CCN1CCCS1(=O)=O)C1CCNC1. The molecule has 2 rings (SSSR count). The van der Waals surface area contributed by atoms with Crippen LogP contribution in [-0.4, -0.2) is 68.0 Å². The Hall–Kier alpha value is -0.660. The van der Waals surface area contributed by atoms with Gasteiger partial charge in [0, 0.05) is 38.6 Å². The summed E-state index contributed by atoms with van der Waals surface area (Å²) < 4.78 is 24.9. The van der Waals surface area contributed by atoms with Crippen LogP contribution in [0, 0.1) is 0 Å². The fourth-order valence-corrected chi connectivity index (χ4v) is 4.49. The molecule has 0 aromatic heterocycles. The number of rotatable bonds is 6. The second kappa shape index (κ2) is 6.87.